The molecular weight excluding hydrogens is 1030 g/mol. The van der Waals surface area contributed by atoms with Gasteiger partial charge in [0.25, 0.3) is 0 Å². The molecule has 14 aromatic carbocycles. The van der Waals surface area contributed by atoms with Gasteiger partial charge in [0.2, 0.25) is 0 Å². The van der Waals surface area contributed by atoms with Gasteiger partial charge in [-0.25, -0.2) is 0 Å². The molecule has 2 nitrogen and oxygen atoms in total. The van der Waals surface area contributed by atoms with Crippen LogP contribution in [0.25, 0.3) is 54.9 Å². The second-order valence-electron chi connectivity index (χ2n) is 22.2. The first-order chi connectivity index (χ1) is 41.7. The van der Waals surface area contributed by atoms with Gasteiger partial charge in [-0.3, -0.25) is 0 Å². The molecule has 14 aromatic rings. The zero-order valence-electron chi connectivity index (χ0n) is 46.2. The van der Waals surface area contributed by atoms with Gasteiger partial charge < -0.3 is 9.80 Å². The number of benzene rings is 14. The van der Waals surface area contributed by atoms with Crippen LogP contribution in [0, 0.1) is 0 Å². The predicted octanol–water partition coefficient (Wildman–Crippen LogP) is 18.3. The van der Waals surface area contributed by atoms with E-state index in [1.807, 2.05) is 0 Å². The zero-order valence-corrected chi connectivity index (χ0v) is 47.2. The Bertz CT molecular complexity index is 4650. The molecule has 0 N–H and O–H groups in total. The molecule has 1 spiro atoms. The average Bonchev–Trinajstić information content (AvgIpc) is 1.44. The van der Waals surface area contributed by atoms with E-state index in [-0.39, 0.29) is 0 Å². The van der Waals surface area contributed by atoms with Crippen molar-refractivity contribution in [3.63, 3.8) is 0 Å². The van der Waals surface area contributed by atoms with Gasteiger partial charge in [-0.1, -0.05) is 267 Å². The first kappa shape index (κ1) is 49.2. The lowest BCUT2D eigenvalue weighted by atomic mass is 9.66. The molecule has 0 saturated heterocycles. The highest BCUT2D eigenvalue weighted by molar-refractivity contribution is 7.20. The van der Waals surface area contributed by atoms with Crippen molar-refractivity contribution >= 4 is 84.5 Å². The quantitative estimate of drug-likeness (QED) is 0.0995. The van der Waals surface area contributed by atoms with E-state index in [1.165, 1.54) is 97.9 Å². The van der Waals surface area contributed by atoms with Crippen LogP contribution in [0.15, 0.2) is 340 Å². The molecule has 1 heterocycles. The van der Waals surface area contributed by atoms with Gasteiger partial charge in [-0.2, -0.15) is 0 Å². The highest BCUT2D eigenvalue weighted by Gasteiger charge is 2.58. The van der Waals surface area contributed by atoms with Gasteiger partial charge in [0.1, 0.15) is 0 Å². The van der Waals surface area contributed by atoms with Crippen LogP contribution >= 0.6 is 0 Å². The van der Waals surface area contributed by atoms with Gasteiger partial charge in [0, 0.05) is 34.1 Å². The monoisotopic (exact) mass is 1080 g/mol. The molecule has 0 saturated carbocycles. The molecule has 1 aliphatic heterocycles. The molecule has 1 aliphatic carbocycles. The third-order valence-electron chi connectivity index (χ3n) is 18.0. The number of hydrogen-bond acceptors (Lipinski definition) is 2. The number of nitrogens with zero attached hydrogens (tertiary/aromatic N) is 2. The molecule has 0 radical (unpaired) electrons. The average molecular weight is 1090 g/mol. The highest BCUT2D eigenvalue weighted by Crippen LogP contribution is 2.62. The molecule has 0 atom stereocenters. The molecular formula is C81H56N2Si. The number of para-hydroxylation sites is 2. The number of rotatable bonds is 10. The van der Waals surface area contributed by atoms with E-state index < -0.39 is 13.5 Å². The summed E-state index contributed by atoms with van der Waals surface area (Å²) in [6.45, 7) is 0. The second kappa shape index (κ2) is 20.1. The smallest absolute Gasteiger partial charge is 0.180 e. The molecule has 0 fully saturated rings. The topological polar surface area (TPSA) is 6.48 Å². The Hall–Kier alpha value is -10.6. The van der Waals surface area contributed by atoms with Gasteiger partial charge in [-0.05, 0) is 171 Å². The molecule has 394 valence electrons. The highest BCUT2D eigenvalue weighted by atomic mass is 28.3. The molecule has 0 unspecified atom stereocenters. The van der Waals surface area contributed by atoms with Crippen molar-refractivity contribution in [1.82, 2.24) is 0 Å². The van der Waals surface area contributed by atoms with Gasteiger partial charge >= 0.3 is 0 Å². The van der Waals surface area contributed by atoms with E-state index in [4.69, 9.17) is 0 Å². The minimum Gasteiger partial charge on any atom is -0.310 e. The molecule has 84 heavy (non-hydrogen) atoms. The number of fused-ring (bicyclic) bond motifs is 14. The zero-order chi connectivity index (χ0) is 55.6. The largest absolute Gasteiger partial charge is 0.310 e. The van der Waals surface area contributed by atoms with Crippen molar-refractivity contribution in [2.24, 2.45) is 0 Å². The van der Waals surface area contributed by atoms with Gasteiger partial charge in [0.05, 0.1) is 5.41 Å². The summed E-state index contributed by atoms with van der Waals surface area (Å²) in [5, 5.41) is 10.5. The third-order valence-corrected chi connectivity index (χ3v) is 22.8. The lowest BCUT2D eigenvalue weighted by Crippen LogP contribution is -2.79. The maximum Gasteiger partial charge on any atom is 0.180 e. The van der Waals surface area contributed by atoms with Crippen LogP contribution in [0.4, 0.5) is 34.1 Å². The summed E-state index contributed by atoms with van der Waals surface area (Å²) in [7, 11) is -3.05. The molecule has 2 aliphatic rings. The van der Waals surface area contributed by atoms with Crippen molar-refractivity contribution in [3.05, 3.63) is 362 Å². The van der Waals surface area contributed by atoms with Gasteiger partial charge in [0.15, 0.2) is 8.07 Å². The number of hydrogen-bond donors (Lipinski definition) is 0. The van der Waals surface area contributed by atoms with Crippen LogP contribution in [0.3, 0.4) is 0 Å². The Morgan fingerprint density at radius 2 is 0.607 bits per heavy atom. The van der Waals surface area contributed by atoms with Crippen LogP contribution in [0.2, 0.25) is 0 Å². The number of anilines is 6. The van der Waals surface area contributed by atoms with Crippen LogP contribution in [-0.2, 0) is 5.41 Å². The summed E-state index contributed by atoms with van der Waals surface area (Å²) in [5.41, 5.74) is 18.4. The third kappa shape index (κ3) is 7.56. The lowest BCUT2D eigenvalue weighted by molar-refractivity contribution is 0.781. The van der Waals surface area contributed by atoms with E-state index >= 15 is 0 Å². The van der Waals surface area contributed by atoms with E-state index in [1.54, 1.807) is 0 Å². The Morgan fingerprint density at radius 3 is 1.11 bits per heavy atom. The Morgan fingerprint density at radius 1 is 0.238 bits per heavy atom. The SMILES string of the molecule is c1ccc(-c2ccc(N(c3ccccc3)c3ccc4c(c3)C3(c5ccccc5[Si](c5ccccc5)(c5ccccc5)c5ccccc53)c3c-4c4ccccc4c4cc(N(c5ccccc5)c5ccc(-c6ccccc6)cc5)ccc34)cc2)cc1. The summed E-state index contributed by atoms with van der Waals surface area (Å²) in [4.78, 5) is 4.87. The van der Waals surface area contributed by atoms with E-state index in [9.17, 15) is 0 Å². The summed E-state index contributed by atoms with van der Waals surface area (Å²) in [6, 6.07) is 127. The fraction of sp³-hybridized carbons (Fsp3) is 0.0123. The molecule has 0 aromatic heterocycles. The minimum atomic E-state index is -3.05. The maximum atomic E-state index is 2.56. The van der Waals surface area contributed by atoms with Crippen LogP contribution < -0.4 is 30.5 Å². The minimum absolute atomic E-state index is 0.774. The molecule has 0 amide bonds. The van der Waals surface area contributed by atoms with Crippen molar-refractivity contribution in [1.29, 1.82) is 0 Å². The van der Waals surface area contributed by atoms with Crippen LogP contribution in [0.1, 0.15) is 22.3 Å². The molecule has 3 heteroatoms. The first-order valence-electron chi connectivity index (χ1n) is 29.2. The van der Waals surface area contributed by atoms with E-state index in [2.05, 4.69) is 350 Å². The molecule has 0 bridgehead atoms. The first-order valence-corrected chi connectivity index (χ1v) is 31.2. The lowest BCUT2D eigenvalue weighted by Gasteiger charge is -2.49. The Kier molecular flexibility index (Phi) is 11.8. The van der Waals surface area contributed by atoms with Crippen molar-refractivity contribution in [3.8, 4) is 33.4 Å². The van der Waals surface area contributed by atoms with Crippen LogP contribution in [-0.4, -0.2) is 8.07 Å². The van der Waals surface area contributed by atoms with Crippen molar-refractivity contribution in [2.45, 2.75) is 5.41 Å². The Balaban J connectivity index is 1.00. The summed E-state index contributed by atoms with van der Waals surface area (Å²) in [5.74, 6) is 0. The van der Waals surface area contributed by atoms with E-state index in [0.717, 1.165) is 34.1 Å². The van der Waals surface area contributed by atoms with Crippen molar-refractivity contribution in [2.75, 3.05) is 9.80 Å². The fourth-order valence-corrected chi connectivity index (χ4v) is 19.8. The van der Waals surface area contributed by atoms with Crippen molar-refractivity contribution < 1.29 is 0 Å². The maximum absolute atomic E-state index is 3.05. The Labute approximate surface area is 492 Å². The van der Waals surface area contributed by atoms with Crippen LogP contribution in [0.5, 0.6) is 0 Å². The summed E-state index contributed by atoms with van der Waals surface area (Å²) >= 11 is 0. The van der Waals surface area contributed by atoms with Gasteiger partial charge in [-0.15, -0.1) is 0 Å². The normalized spacial score (nSPS) is 13.2. The second-order valence-corrected chi connectivity index (χ2v) is 26.0. The fourth-order valence-electron chi connectivity index (χ4n) is 14.5. The standard InChI is InChI=1S/C81H56N2Si/c1-7-25-57(26-8-1)59-43-47-63(48-44-59)82(61-29-11-3-12-30-61)65-51-53-71-73(55-65)69-37-19-20-38-70(69)79-72-54-52-66(83(62-31-13-4-14-32-62)64-49-45-60(46-50-64)58-27-9-2-10-28-58)56-76(72)81(80(71)79)74-39-21-23-41-77(74)84(67-33-15-5-16-34-67,68-35-17-6-18-36-68)78-42-24-22-40-75(78)81/h1-56H. The summed E-state index contributed by atoms with van der Waals surface area (Å²) < 4.78 is 0. The van der Waals surface area contributed by atoms with E-state index in [0.29, 0.717) is 0 Å². The predicted molar refractivity (Wildman–Crippen MR) is 356 cm³/mol. The molecule has 16 rings (SSSR count). The summed E-state index contributed by atoms with van der Waals surface area (Å²) in [6.07, 6.45) is 0.